The predicted molar refractivity (Wildman–Crippen MR) is 79.5 cm³/mol. The zero-order chi connectivity index (χ0) is 15.1. The highest BCUT2D eigenvalue weighted by molar-refractivity contribution is 5.82. The minimum Gasteiger partial charge on any atom is -0.398 e. The number of carbonyl (C=O) groups excluding carboxylic acids is 1. The van der Waals surface area contributed by atoms with Crippen LogP contribution in [0.15, 0.2) is 30.5 Å². The quantitative estimate of drug-likeness (QED) is 0.559. The third-order valence-corrected chi connectivity index (χ3v) is 3.46. The molecule has 5 nitrogen and oxygen atoms in total. The van der Waals surface area contributed by atoms with Gasteiger partial charge in [0.15, 0.2) is 12.1 Å². The molecular formula is C15H13FN4O. The van der Waals surface area contributed by atoms with Crippen LogP contribution < -0.4 is 11.5 Å². The number of halogens is 1. The van der Waals surface area contributed by atoms with E-state index in [1.807, 2.05) is 6.92 Å². The van der Waals surface area contributed by atoms with E-state index < -0.39 is 5.82 Å². The van der Waals surface area contributed by atoms with Crippen LogP contribution in [0.4, 0.5) is 15.9 Å². The summed E-state index contributed by atoms with van der Waals surface area (Å²) in [6.45, 7) is 1.81. The maximum atomic E-state index is 14.1. The maximum Gasteiger partial charge on any atom is 0.170 e. The number of nitrogens with zero attached hydrogens (tertiary/aromatic N) is 2. The highest BCUT2D eigenvalue weighted by Gasteiger charge is 2.12. The molecule has 0 atom stereocenters. The number of hydrogen-bond acceptors (Lipinski definition) is 4. The molecule has 6 heteroatoms. The lowest BCUT2D eigenvalue weighted by Crippen LogP contribution is -1.97. The highest BCUT2D eigenvalue weighted by atomic mass is 19.1. The Hall–Kier alpha value is -2.89. The van der Waals surface area contributed by atoms with Gasteiger partial charge in [-0.15, -0.1) is 0 Å². The number of nitrogen functional groups attached to an aromatic ring is 2. The Morgan fingerprint density at radius 2 is 2.05 bits per heavy atom. The second-order valence-corrected chi connectivity index (χ2v) is 4.83. The fourth-order valence-electron chi connectivity index (χ4n) is 2.28. The Morgan fingerprint density at radius 1 is 1.29 bits per heavy atom. The number of aryl methyl sites for hydroxylation is 1. The van der Waals surface area contributed by atoms with E-state index in [0.717, 1.165) is 5.56 Å². The summed E-state index contributed by atoms with van der Waals surface area (Å²) in [5.74, 6) is -0.269. The van der Waals surface area contributed by atoms with Gasteiger partial charge in [-0.1, -0.05) is 0 Å². The van der Waals surface area contributed by atoms with E-state index in [9.17, 15) is 9.18 Å². The molecule has 3 rings (SSSR count). The molecule has 0 saturated heterocycles. The van der Waals surface area contributed by atoms with Gasteiger partial charge in [-0.05, 0) is 36.8 Å². The third-order valence-electron chi connectivity index (χ3n) is 3.46. The standard InChI is InChI=1S/C15H13FN4O/c1-8-4-10(11(16)5-12(8)17)9-2-3-14-19-15(18)13(7-21)20(14)6-9/h2-7H,17-18H2,1H3. The lowest BCUT2D eigenvalue weighted by Gasteiger charge is -2.08. The molecule has 1 aromatic carbocycles. The normalized spacial score (nSPS) is 11.0. The molecule has 0 aliphatic rings. The number of aldehydes is 1. The molecule has 0 aliphatic carbocycles. The van der Waals surface area contributed by atoms with E-state index in [0.29, 0.717) is 28.7 Å². The largest absolute Gasteiger partial charge is 0.398 e. The topological polar surface area (TPSA) is 86.4 Å². The average molecular weight is 284 g/mol. The molecule has 4 N–H and O–H groups in total. The van der Waals surface area contributed by atoms with Gasteiger partial charge < -0.3 is 11.5 Å². The van der Waals surface area contributed by atoms with E-state index in [4.69, 9.17) is 11.5 Å². The van der Waals surface area contributed by atoms with E-state index >= 15 is 0 Å². The minimum absolute atomic E-state index is 0.149. The monoisotopic (exact) mass is 284 g/mol. The predicted octanol–water partition coefficient (Wildman–Crippen LogP) is 2.43. The molecule has 0 unspecified atom stereocenters. The van der Waals surface area contributed by atoms with Crippen molar-refractivity contribution >= 4 is 23.4 Å². The molecule has 106 valence electrons. The van der Waals surface area contributed by atoms with Crippen molar-refractivity contribution in [2.45, 2.75) is 6.92 Å². The molecule has 0 saturated carbocycles. The van der Waals surface area contributed by atoms with Crippen LogP contribution >= 0.6 is 0 Å². The van der Waals surface area contributed by atoms with Crippen molar-refractivity contribution in [3.8, 4) is 11.1 Å². The summed E-state index contributed by atoms with van der Waals surface area (Å²) in [7, 11) is 0. The number of imidazole rings is 1. The van der Waals surface area contributed by atoms with E-state index in [1.54, 1.807) is 28.8 Å². The Balaban J connectivity index is 2.26. The molecule has 0 bridgehead atoms. The van der Waals surface area contributed by atoms with Crippen molar-refractivity contribution in [3.63, 3.8) is 0 Å². The lowest BCUT2D eigenvalue weighted by atomic mass is 10.0. The van der Waals surface area contributed by atoms with Crippen LogP contribution in [0.1, 0.15) is 16.1 Å². The number of carbonyl (C=O) groups is 1. The zero-order valence-corrected chi connectivity index (χ0v) is 11.3. The molecule has 0 fully saturated rings. The van der Waals surface area contributed by atoms with Crippen LogP contribution in [0.2, 0.25) is 0 Å². The Kier molecular flexibility index (Phi) is 2.86. The van der Waals surface area contributed by atoms with Gasteiger partial charge in [0.2, 0.25) is 0 Å². The number of aromatic nitrogens is 2. The van der Waals surface area contributed by atoms with Gasteiger partial charge in [-0.25, -0.2) is 9.37 Å². The Morgan fingerprint density at radius 3 is 2.76 bits per heavy atom. The first-order valence-corrected chi connectivity index (χ1v) is 6.30. The van der Waals surface area contributed by atoms with Crippen LogP contribution in [0.5, 0.6) is 0 Å². The third kappa shape index (κ3) is 2.01. The molecule has 0 amide bonds. The maximum absolute atomic E-state index is 14.1. The van der Waals surface area contributed by atoms with Crippen LogP contribution in [0.3, 0.4) is 0 Å². The number of nitrogens with two attached hydrogens (primary N) is 2. The van der Waals surface area contributed by atoms with Crippen molar-refractivity contribution < 1.29 is 9.18 Å². The van der Waals surface area contributed by atoms with Gasteiger partial charge in [-0.3, -0.25) is 9.20 Å². The van der Waals surface area contributed by atoms with E-state index in [-0.39, 0.29) is 11.5 Å². The fourth-order valence-corrected chi connectivity index (χ4v) is 2.28. The fraction of sp³-hybridized carbons (Fsp3) is 0.0667. The first kappa shape index (κ1) is 13.1. The van der Waals surface area contributed by atoms with Crippen LogP contribution in [0.25, 0.3) is 16.8 Å². The molecule has 2 heterocycles. The summed E-state index contributed by atoms with van der Waals surface area (Å²) in [6.07, 6.45) is 2.26. The molecule has 2 aromatic heterocycles. The highest BCUT2D eigenvalue weighted by Crippen LogP contribution is 2.28. The smallest absolute Gasteiger partial charge is 0.170 e. The summed E-state index contributed by atoms with van der Waals surface area (Å²) in [5.41, 5.74) is 14.4. The summed E-state index contributed by atoms with van der Waals surface area (Å²) in [5, 5.41) is 0. The number of anilines is 2. The van der Waals surface area contributed by atoms with Gasteiger partial charge in [0, 0.05) is 23.0 Å². The number of fused-ring (bicyclic) bond motifs is 1. The number of hydrogen-bond donors (Lipinski definition) is 2. The van der Waals surface area contributed by atoms with Gasteiger partial charge in [0.25, 0.3) is 0 Å². The van der Waals surface area contributed by atoms with Crippen LogP contribution in [0, 0.1) is 12.7 Å². The van der Waals surface area contributed by atoms with Gasteiger partial charge in [0.1, 0.15) is 17.2 Å². The second-order valence-electron chi connectivity index (χ2n) is 4.83. The summed E-state index contributed by atoms with van der Waals surface area (Å²) < 4.78 is 15.6. The first-order valence-electron chi connectivity index (χ1n) is 6.30. The van der Waals surface area contributed by atoms with Gasteiger partial charge in [-0.2, -0.15) is 0 Å². The zero-order valence-electron chi connectivity index (χ0n) is 11.3. The number of pyridine rings is 1. The van der Waals surface area contributed by atoms with Crippen LogP contribution in [-0.2, 0) is 0 Å². The molecular weight excluding hydrogens is 271 g/mol. The van der Waals surface area contributed by atoms with Crippen molar-refractivity contribution in [2.24, 2.45) is 0 Å². The number of benzene rings is 1. The average Bonchev–Trinajstić information content (AvgIpc) is 2.77. The summed E-state index contributed by atoms with van der Waals surface area (Å²) in [4.78, 5) is 15.2. The molecule has 21 heavy (non-hydrogen) atoms. The van der Waals surface area contributed by atoms with Crippen molar-refractivity contribution in [2.75, 3.05) is 11.5 Å². The molecule has 0 radical (unpaired) electrons. The molecule has 0 spiro atoms. The van der Waals surface area contributed by atoms with Crippen molar-refractivity contribution in [1.29, 1.82) is 0 Å². The van der Waals surface area contributed by atoms with Gasteiger partial charge >= 0.3 is 0 Å². The Bertz CT molecular complexity index is 870. The first-order chi connectivity index (χ1) is 10.0. The second kappa shape index (κ2) is 4.59. The SMILES string of the molecule is Cc1cc(-c2ccc3nc(N)c(C=O)n3c2)c(F)cc1N. The van der Waals surface area contributed by atoms with E-state index in [1.165, 1.54) is 6.07 Å². The molecule has 0 aliphatic heterocycles. The van der Waals surface area contributed by atoms with Gasteiger partial charge in [0.05, 0.1) is 0 Å². The van der Waals surface area contributed by atoms with Crippen molar-refractivity contribution in [3.05, 3.63) is 47.5 Å². The summed E-state index contributed by atoms with van der Waals surface area (Å²) in [6, 6.07) is 6.37. The summed E-state index contributed by atoms with van der Waals surface area (Å²) >= 11 is 0. The lowest BCUT2D eigenvalue weighted by molar-refractivity contribution is 0.111. The molecule has 3 aromatic rings. The minimum atomic E-state index is -0.418. The van der Waals surface area contributed by atoms with E-state index in [2.05, 4.69) is 4.98 Å². The van der Waals surface area contributed by atoms with Crippen molar-refractivity contribution in [1.82, 2.24) is 9.38 Å². The Labute approximate surface area is 120 Å². The number of rotatable bonds is 2. The van der Waals surface area contributed by atoms with Crippen LogP contribution in [-0.4, -0.2) is 15.7 Å².